The van der Waals surface area contributed by atoms with E-state index in [4.69, 9.17) is 0 Å². The molecule has 0 aromatic rings. The molecular formula is C15H34. The largest absolute Gasteiger partial charge is 0.0776 e. The van der Waals surface area contributed by atoms with Crippen molar-refractivity contribution in [2.75, 3.05) is 0 Å². The van der Waals surface area contributed by atoms with Gasteiger partial charge in [0.15, 0.2) is 0 Å². The van der Waals surface area contributed by atoms with Crippen molar-refractivity contribution in [2.24, 2.45) is 11.8 Å². The summed E-state index contributed by atoms with van der Waals surface area (Å²) in [5.74, 6) is 2.16. The molecule has 1 fully saturated rings. The summed E-state index contributed by atoms with van der Waals surface area (Å²) in [6.07, 6.45) is 11.9. The van der Waals surface area contributed by atoms with Crippen molar-refractivity contribution >= 4 is 0 Å². The highest BCUT2D eigenvalue weighted by molar-refractivity contribution is 4.71. The van der Waals surface area contributed by atoms with Gasteiger partial charge >= 0.3 is 0 Å². The van der Waals surface area contributed by atoms with Gasteiger partial charge in [-0.05, 0) is 11.8 Å². The zero-order valence-corrected chi connectivity index (χ0v) is 10.8. The van der Waals surface area contributed by atoms with Gasteiger partial charge in [0.25, 0.3) is 0 Å². The zero-order valence-electron chi connectivity index (χ0n) is 10.8. The minimum atomic E-state index is 0. The molecule has 0 radical (unpaired) electrons. The second-order valence-electron chi connectivity index (χ2n) is 4.44. The van der Waals surface area contributed by atoms with Gasteiger partial charge in [0.2, 0.25) is 0 Å². The van der Waals surface area contributed by atoms with E-state index in [-0.39, 0.29) is 7.43 Å². The summed E-state index contributed by atoms with van der Waals surface area (Å²) in [5, 5.41) is 0. The second kappa shape index (κ2) is 12.1. The third kappa shape index (κ3) is 7.88. The summed E-state index contributed by atoms with van der Waals surface area (Å²) in [5.41, 5.74) is 0. The molecule has 0 nitrogen and oxygen atoms in total. The average molecular weight is 214 g/mol. The highest BCUT2D eigenvalue weighted by Gasteiger charge is 2.18. The lowest BCUT2D eigenvalue weighted by molar-refractivity contribution is 0.255. The van der Waals surface area contributed by atoms with Crippen LogP contribution in [0.25, 0.3) is 0 Å². The molecular weight excluding hydrogens is 180 g/mol. The highest BCUT2D eigenvalue weighted by Crippen LogP contribution is 2.33. The lowest BCUT2D eigenvalue weighted by Crippen LogP contribution is -2.13. The molecule has 1 rings (SSSR count). The SMILES string of the molecule is C.CC.CCCCC1CCC(CC)CC1. The predicted molar refractivity (Wildman–Crippen MR) is 73.3 cm³/mol. The number of hydrogen-bond donors (Lipinski definition) is 0. The number of hydrogen-bond acceptors (Lipinski definition) is 0. The van der Waals surface area contributed by atoms with Gasteiger partial charge in [-0.25, -0.2) is 0 Å². The normalized spacial score (nSPS) is 24.8. The molecule has 1 aliphatic carbocycles. The Balaban J connectivity index is 0. The maximum Gasteiger partial charge on any atom is -0.0414 e. The Morgan fingerprint density at radius 3 is 1.73 bits per heavy atom. The summed E-state index contributed by atoms with van der Waals surface area (Å²) in [7, 11) is 0. The van der Waals surface area contributed by atoms with Crippen molar-refractivity contribution in [3.63, 3.8) is 0 Å². The quantitative estimate of drug-likeness (QED) is 0.534. The first-order chi connectivity index (χ1) is 6.86. The van der Waals surface area contributed by atoms with E-state index in [2.05, 4.69) is 13.8 Å². The molecule has 0 aromatic carbocycles. The molecule has 15 heavy (non-hydrogen) atoms. The fourth-order valence-corrected chi connectivity index (χ4v) is 2.42. The molecule has 0 bridgehead atoms. The molecule has 0 amide bonds. The van der Waals surface area contributed by atoms with E-state index >= 15 is 0 Å². The standard InChI is InChI=1S/C12H24.C2H6.CH4/c1-3-5-6-12-9-7-11(4-2)8-10-12;1-2;/h11-12H,3-10H2,1-2H3;1-2H3;1H4. The van der Waals surface area contributed by atoms with Crippen LogP contribution in [0.2, 0.25) is 0 Å². The van der Waals surface area contributed by atoms with Crippen LogP contribution in [-0.4, -0.2) is 0 Å². The molecule has 0 N–H and O–H groups in total. The molecule has 0 aliphatic heterocycles. The molecule has 0 spiro atoms. The minimum Gasteiger partial charge on any atom is -0.0776 e. The van der Waals surface area contributed by atoms with Gasteiger partial charge in [-0.15, -0.1) is 0 Å². The first-order valence-electron chi connectivity index (χ1n) is 6.86. The van der Waals surface area contributed by atoms with Crippen LogP contribution >= 0.6 is 0 Å². The monoisotopic (exact) mass is 214 g/mol. The maximum atomic E-state index is 2.34. The first kappa shape index (κ1) is 17.4. The van der Waals surface area contributed by atoms with E-state index in [9.17, 15) is 0 Å². The van der Waals surface area contributed by atoms with Gasteiger partial charge in [0.1, 0.15) is 0 Å². The van der Waals surface area contributed by atoms with Gasteiger partial charge in [0, 0.05) is 0 Å². The molecule has 0 heterocycles. The molecule has 0 unspecified atom stereocenters. The number of unbranched alkanes of at least 4 members (excludes halogenated alkanes) is 1. The van der Waals surface area contributed by atoms with Gasteiger partial charge in [0.05, 0.1) is 0 Å². The van der Waals surface area contributed by atoms with Crippen LogP contribution in [0.1, 0.15) is 86.5 Å². The smallest absolute Gasteiger partial charge is 0.0414 e. The van der Waals surface area contributed by atoms with E-state index < -0.39 is 0 Å². The lowest BCUT2D eigenvalue weighted by Gasteiger charge is -2.27. The van der Waals surface area contributed by atoms with Gasteiger partial charge in [-0.1, -0.05) is 86.5 Å². The molecule has 1 aliphatic rings. The molecule has 1 saturated carbocycles. The fraction of sp³-hybridized carbons (Fsp3) is 1.00. The van der Waals surface area contributed by atoms with Crippen molar-refractivity contribution in [2.45, 2.75) is 86.5 Å². The lowest BCUT2D eigenvalue weighted by atomic mass is 9.79. The van der Waals surface area contributed by atoms with E-state index in [0.29, 0.717) is 0 Å². The Hall–Kier alpha value is 0. The highest BCUT2D eigenvalue weighted by atomic mass is 14.2. The van der Waals surface area contributed by atoms with Crippen molar-refractivity contribution < 1.29 is 0 Å². The molecule has 0 aromatic heterocycles. The molecule has 0 heteroatoms. The summed E-state index contributed by atoms with van der Waals surface area (Å²) in [6, 6.07) is 0. The van der Waals surface area contributed by atoms with Crippen molar-refractivity contribution in [3.05, 3.63) is 0 Å². The van der Waals surface area contributed by atoms with Crippen LogP contribution in [0.5, 0.6) is 0 Å². The molecule has 0 saturated heterocycles. The van der Waals surface area contributed by atoms with Gasteiger partial charge in [-0.3, -0.25) is 0 Å². The van der Waals surface area contributed by atoms with Crippen LogP contribution in [0.4, 0.5) is 0 Å². The van der Waals surface area contributed by atoms with Crippen molar-refractivity contribution in [1.82, 2.24) is 0 Å². The third-order valence-electron chi connectivity index (χ3n) is 3.51. The summed E-state index contributed by atoms with van der Waals surface area (Å²) >= 11 is 0. The van der Waals surface area contributed by atoms with Crippen molar-refractivity contribution in [3.8, 4) is 0 Å². The van der Waals surface area contributed by atoms with Gasteiger partial charge < -0.3 is 0 Å². The molecule has 94 valence electrons. The first-order valence-corrected chi connectivity index (χ1v) is 6.86. The van der Waals surface area contributed by atoms with Gasteiger partial charge in [-0.2, -0.15) is 0 Å². The van der Waals surface area contributed by atoms with E-state index in [1.54, 1.807) is 0 Å². The van der Waals surface area contributed by atoms with E-state index in [0.717, 1.165) is 11.8 Å². The van der Waals surface area contributed by atoms with Crippen LogP contribution in [0, 0.1) is 11.8 Å². The van der Waals surface area contributed by atoms with Crippen LogP contribution in [0.3, 0.4) is 0 Å². The second-order valence-corrected chi connectivity index (χ2v) is 4.44. The summed E-state index contributed by atoms with van der Waals surface area (Å²) < 4.78 is 0. The van der Waals surface area contributed by atoms with E-state index in [1.807, 2.05) is 13.8 Å². The minimum absolute atomic E-state index is 0. The molecule has 0 atom stereocenters. The summed E-state index contributed by atoms with van der Waals surface area (Å²) in [4.78, 5) is 0. The Bertz CT molecular complexity index is 98.6. The number of rotatable bonds is 4. The van der Waals surface area contributed by atoms with Crippen molar-refractivity contribution in [1.29, 1.82) is 0 Å². The van der Waals surface area contributed by atoms with Crippen LogP contribution in [0.15, 0.2) is 0 Å². The predicted octanol–water partition coefficient (Wildman–Crippen LogP) is 6.06. The Labute approximate surface area is 98.9 Å². The maximum absolute atomic E-state index is 2.34. The summed E-state index contributed by atoms with van der Waals surface area (Å²) in [6.45, 7) is 8.65. The third-order valence-corrected chi connectivity index (χ3v) is 3.51. The fourth-order valence-electron chi connectivity index (χ4n) is 2.42. The Kier molecular flexibility index (Phi) is 14.0. The zero-order chi connectivity index (χ0) is 10.8. The van der Waals surface area contributed by atoms with Crippen LogP contribution in [-0.2, 0) is 0 Å². The van der Waals surface area contributed by atoms with E-state index in [1.165, 1.54) is 51.4 Å². The Morgan fingerprint density at radius 2 is 1.33 bits per heavy atom. The average Bonchev–Trinajstić information content (AvgIpc) is 2.30. The Morgan fingerprint density at radius 1 is 0.867 bits per heavy atom. The topological polar surface area (TPSA) is 0 Å². The van der Waals surface area contributed by atoms with Crippen LogP contribution < -0.4 is 0 Å².